The van der Waals surface area contributed by atoms with Crippen molar-refractivity contribution < 1.29 is 0 Å². The molecule has 5 aromatic carbocycles. The second-order valence-corrected chi connectivity index (χ2v) is 17.7. The van der Waals surface area contributed by atoms with Gasteiger partial charge in [-0.2, -0.15) is 0 Å². The first-order valence-electron chi connectivity index (χ1n) is 21.3. The van der Waals surface area contributed by atoms with Gasteiger partial charge in [-0.25, -0.2) is 0 Å². The average molecular weight is 809 g/mol. The summed E-state index contributed by atoms with van der Waals surface area (Å²) < 4.78 is 4.92. The highest BCUT2D eigenvalue weighted by Crippen LogP contribution is 2.44. The molecule has 0 aliphatic heterocycles. The maximum absolute atomic E-state index is 4.56. The third kappa shape index (κ3) is 7.95. The zero-order chi connectivity index (χ0) is 42.8. The van der Waals surface area contributed by atoms with Crippen LogP contribution in [0, 0.1) is 0 Å². The topological polar surface area (TPSA) is 42.1 Å². The van der Waals surface area contributed by atoms with Crippen molar-refractivity contribution in [2.24, 2.45) is 0 Å². The SMILES string of the molecule is CC(C)(C)n1c(-c2cccc(-c3ccc(N(c4ccc(-c5ccccc5)cc4)c4cccnc4)n3C(C)(C)C)c2)ccc1N(c1ccc(-c2ccccc2)cc1)c1cccnc1. The molecule has 0 aliphatic rings. The highest BCUT2D eigenvalue weighted by atomic mass is 15.3. The molecular weight excluding hydrogens is 757 g/mol. The van der Waals surface area contributed by atoms with Crippen molar-refractivity contribution in [2.75, 3.05) is 9.80 Å². The number of aromatic nitrogens is 4. The third-order valence-electron chi connectivity index (χ3n) is 11.2. The van der Waals surface area contributed by atoms with Gasteiger partial charge < -0.3 is 9.13 Å². The maximum atomic E-state index is 4.56. The minimum Gasteiger partial charge on any atom is -0.322 e. The minimum atomic E-state index is -0.270. The van der Waals surface area contributed by atoms with Crippen molar-refractivity contribution in [3.63, 3.8) is 0 Å². The molecule has 0 radical (unpaired) electrons. The van der Waals surface area contributed by atoms with Crippen LogP contribution in [0.3, 0.4) is 0 Å². The van der Waals surface area contributed by atoms with Gasteiger partial charge >= 0.3 is 0 Å². The van der Waals surface area contributed by atoms with E-state index in [1.807, 2.05) is 36.9 Å². The van der Waals surface area contributed by atoms with Crippen LogP contribution in [0.5, 0.6) is 0 Å². The molecule has 0 unspecified atom stereocenters. The van der Waals surface area contributed by atoms with Gasteiger partial charge in [-0.15, -0.1) is 0 Å². The Morgan fingerprint density at radius 3 is 1.06 bits per heavy atom. The standard InChI is InChI=1S/C56H52N6/c1-55(2,3)61-51(32-34-53(61)59(49-22-14-36-57-39-49)47-28-24-43(25-29-47)41-16-9-7-10-17-41)45-20-13-21-46(38-45)52-33-35-54(62(52)56(4,5)6)60(50-23-15-37-58-40-50)48-30-26-44(27-31-48)42-18-11-8-12-19-42/h7-40H,1-6H3. The number of hydrogen-bond donors (Lipinski definition) is 0. The van der Waals surface area contributed by atoms with Crippen LogP contribution in [0.15, 0.2) is 207 Å². The van der Waals surface area contributed by atoms with Crippen molar-refractivity contribution >= 4 is 34.4 Å². The van der Waals surface area contributed by atoms with Crippen LogP contribution >= 0.6 is 0 Å². The smallest absolute Gasteiger partial charge is 0.118 e. The van der Waals surface area contributed by atoms with Crippen LogP contribution in [0.25, 0.3) is 44.8 Å². The van der Waals surface area contributed by atoms with Gasteiger partial charge in [0, 0.05) is 34.8 Å². The lowest BCUT2D eigenvalue weighted by atomic mass is 10.0. The zero-order valence-electron chi connectivity index (χ0n) is 36.3. The van der Waals surface area contributed by atoms with Gasteiger partial charge in [0.2, 0.25) is 0 Å². The zero-order valence-corrected chi connectivity index (χ0v) is 36.3. The van der Waals surface area contributed by atoms with E-state index >= 15 is 0 Å². The maximum Gasteiger partial charge on any atom is 0.118 e. The number of pyridine rings is 2. The Labute approximate surface area is 366 Å². The lowest BCUT2D eigenvalue weighted by Crippen LogP contribution is -2.27. The molecule has 6 heteroatoms. The Bertz CT molecular complexity index is 2690. The summed E-state index contributed by atoms with van der Waals surface area (Å²) in [6.07, 6.45) is 7.54. The van der Waals surface area contributed by atoms with E-state index < -0.39 is 0 Å². The van der Waals surface area contributed by atoms with Crippen LogP contribution < -0.4 is 9.80 Å². The summed E-state index contributed by atoms with van der Waals surface area (Å²) in [5, 5.41) is 0. The van der Waals surface area contributed by atoms with Gasteiger partial charge in [0.25, 0.3) is 0 Å². The summed E-state index contributed by atoms with van der Waals surface area (Å²) in [6.45, 7) is 13.7. The number of anilines is 6. The first-order valence-corrected chi connectivity index (χ1v) is 21.3. The molecule has 9 rings (SSSR count). The van der Waals surface area contributed by atoms with E-state index in [9.17, 15) is 0 Å². The van der Waals surface area contributed by atoms with E-state index in [0.29, 0.717) is 0 Å². The van der Waals surface area contributed by atoms with Crippen LogP contribution in [0.4, 0.5) is 34.4 Å². The molecule has 306 valence electrons. The molecule has 0 saturated heterocycles. The Balaban J connectivity index is 1.14. The Kier molecular flexibility index (Phi) is 10.7. The number of nitrogens with zero attached hydrogens (tertiary/aromatic N) is 6. The predicted octanol–water partition coefficient (Wildman–Crippen LogP) is 15.2. The van der Waals surface area contributed by atoms with Crippen LogP contribution in [-0.2, 0) is 11.1 Å². The van der Waals surface area contributed by atoms with Crippen molar-refractivity contribution in [3.05, 3.63) is 207 Å². The molecule has 6 nitrogen and oxygen atoms in total. The summed E-state index contributed by atoms with van der Waals surface area (Å²) in [7, 11) is 0. The summed E-state index contributed by atoms with van der Waals surface area (Å²) in [5.41, 5.74) is 12.8. The normalized spacial score (nSPS) is 11.7. The van der Waals surface area contributed by atoms with Crippen molar-refractivity contribution in [1.82, 2.24) is 19.1 Å². The van der Waals surface area contributed by atoms with Crippen molar-refractivity contribution in [1.29, 1.82) is 0 Å². The molecule has 0 amide bonds. The van der Waals surface area contributed by atoms with Crippen molar-refractivity contribution in [3.8, 4) is 44.8 Å². The number of hydrogen-bond acceptors (Lipinski definition) is 4. The molecule has 0 spiro atoms. The molecule has 0 fully saturated rings. The summed E-state index contributed by atoms with van der Waals surface area (Å²) >= 11 is 0. The largest absolute Gasteiger partial charge is 0.322 e. The first kappa shape index (κ1) is 40.0. The van der Waals surface area contributed by atoms with E-state index in [1.54, 1.807) is 0 Å². The summed E-state index contributed by atoms with van der Waals surface area (Å²) in [6, 6.07) is 65.0. The van der Waals surface area contributed by atoms with Crippen LogP contribution in [-0.4, -0.2) is 19.1 Å². The Morgan fingerprint density at radius 2 is 0.710 bits per heavy atom. The second kappa shape index (κ2) is 16.5. The van der Waals surface area contributed by atoms with Gasteiger partial charge in [-0.3, -0.25) is 19.8 Å². The fraction of sp³-hybridized carbons (Fsp3) is 0.143. The van der Waals surface area contributed by atoms with Gasteiger partial charge in [0.1, 0.15) is 11.6 Å². The monoisotopic (exact) mass is 808 g/mol. The molecule has 0 aliphatic carbocycles. The molecule has 9 aromatic rings. The van der Waals surface area contributed by atoms with E-state index in [2.05, 4.69) is 240 Å². The van der Waals surface area contributed by atoms with Gasteiger partial charge in [0.05, 0.1) is 35.2 Å². The molecular formula is C56H52N6. The fourth-order valence-electron chi connectivity index (χ4n) is 8.57. The van der Waals surface area contributed by atoms with Crippen LogP contribution in [0.2, 0.25) is 0 Å². The van der Waals surface area contributed by atoms with E-state index in [0.717, 1.165) is 56.9 Å². The highest BCUT2D eigenvalue weighted by Gasteiger charge is 2.29. The third-order valence-corrected chi connectivity index (χ3v) is 11.2. The van der Waals surface area contributed by atoms with Gasteiger partial charge in [0.15, 0.2) is 0 Å². The van der Waals surface area contributed by atoms with E-state index in [4.69, 9.17) is 0 Å². The quantitative estimate of drug-likeness (QED) is 0.138. The fourth-order valence-corrected chi connectivity index (χ4v) is 8.57. The average Bonchev–Trinajstić information content (AvgIpc) is 3.95. The molecule has 4 heterocycles. The van der Waals surface area contributed by atoms with E-state index in [-0.39, 0.29) is 11.1 Å². The molecule has 0 atom stereocenters. The second-order valence-electron chi connectivity index (χ2n) is 17.7. The summed E-state index contributed by atoms with van der Waals surface area (Å²) in [5.74, 6) is 2.12. The molecule has 62 heavy (non-hydrogen) atoms. The highest BCUT2D eigenvalue weighted by molar-refractivity contribution is 5.83. The molecule has 0 bridgehead atoms. The number of benzene rings is 5. The van der Waals surface area contributed by atoms with Crippen LogP contribution in [0.1, 0.15) is 41.5 Å². The van der Waals surface area contributed by atoms with Gasteiger partial charge in [-0.1, -0.05) is 103 Å². The lowest BCUT2D eigenvalue weighted by Gasteiger charge is -2.34. The lowest BCUT2D eigenvalue weighted by molar-refractivity contribution is 0.406. The van der Waals surface area contributed by atoms with Gasteiger partial charge in [-0.05, 0) is 154 Å². The predicted molar refractivity (Wildman–Crippen MR) is 259 cm³/mol. The number of rotatable bonds is 10. The molecule has 4 aromatic heterocycles. The van der Waals surface area contributed by atoms with Crippen molar-refractivity contribution in [2.45, 2.75) is 52.6 Å². The molecule has 0 saturated carbocycles. The first-order chi connectivity index (χ1) is 30.0. The van der Waals surface area contributed by atoms with E-state index in [1.165, 1.54) is 22.3 Å². The Hall–Kier alpha value is -7.44. The Morgan fingerprint density at radius 1 is 0.339 bits per heavy atom. The molecule has 0 N–H and O–H groups in total. The summed E-state index contributed by atoms with van der Waals surface area (Å²) in [4.78, 5) is 13.8. The minimum absolute atomic E-state index is 0.270.